The van der Waals surface area contributed by atoms with Crippen molar-refractivity contribution in [2.24, 2.45) is 0 Å². The Hall–Kier alpha value is -3.04. The SMILES string of the molecule is Cl.Nc1nc(-c2ccco2)c2nnn(Cc3cccc(CO)n3)c2n1. The van der Waals surface area contributed by atoms with Gasteiger partial charge in [-0.05, 0) is 24.3 Å². The minimum absolute atomic E-state index is 0. The van der Waals surface area contributed by atoms with Gasteiger partial charge in [-0.3, -0.25) is 4.98 Å². The molecule has 0 saturated heterocycles. The number of rotatable bonds is 4. The molecule has 4 aromatic heterocycles. The summed E-state index contributed by atoms with van der Waals surface area (Å²) < 4.78 is 6.96. The third kappa shape index (κ3) is 3.14. The maximum absolute atomic E-state index is 9.19. The van der Waals surface area contributed by atoms with Crippen LogP contribution in [-0.2, 0) is 13.2 Å². The van der Waals surface area contributed by atoms with Gasteiger partial charge in [0.15, 0.2) is 16.9 Å². The molecule has 0 aliphatic carbocycles. The standard InChI is InChI=1S/C15H13N7O2.ClH/c16-15-18-12(11-5-2-6-24-11)13-14(19-15)22(21-20-13)7-9-3-1-4-10(8-23)17-9;/h1-6,23H,7-8H2,(H2,16,18,19);1H. The number of nitrogens with two attached hydrogens (primary N) is 1. The first kappa shape index (κ1) is 16.8. The molecule has 0 spiro atoms. The fourth-order valence-corrected chi connectivity index (χ4v) is 2.42. The highest BCUT2D eigenvalue weighted by Gasteiger charge is 2.17. The van der Waals surface area contributed by atoms with Crippen LogP contribution >= 0.6 is 12.4 Å². The molecule has 25 heavy (non-hydrogen) atoms. The molecule has 0 radical (unpaired) electrons. The van der Waals surface area contributed by atoms with E-state index in [1.165, 1.54) is 0 Å². The predicted molar refractivity (Wildman–Crippen MR) is 91.7 cm³/mol. The lowest BCUT2D eigenvalue weighted by Gasteiger charge is -2.04. The molecule has 4 rings (SSSR count). The van der Waals surface area contributed by atoms with Crippen LogP contribution in [0.15, 0.2) is 41.0 Å². The summed E-state index contributed by atoms with van der Waals surface area (Å²) in [5.74, 6) is 0.649. The minimum atomic E-state index is -0.121. The quantitative estimate of drug-likeness (QED) is 0.559. The molecule has 0 bridgehead atoms. The molecule has 4 aromatic rings. The lowest BCUT2D eigenvalue weighted by Crippen LogP contribution is -2.07. The molecule has 9 nitrogen and oxygen atoms in total. The number of hydrogen-bond acceptors (Lipinski definition) is 8. The number of fused-ring (bicyclic) bond motifs is 1. The van der Waals surface area contributed by atoms with E-state index in [2.05, 4.69) is 25.3 Å². The predicted octanol–water partition coefficient (Wildman–Crippen LogP) is 1.42. The Morgan fingerprint density at radius 3 is 2.68 bits per heavy atom. The van der Waals surface area contributed by atoms with Crippen LogP contribution in [0, 0.1) is 0 Å². The summed E-state index contributed by atoms with van der Waals surface area (Å²) in [6.07, 6.45) is 1.55. The summed E-state index contributed by atoms with van der Waals surface area (Å²) in [5.41, 5.74) is 8.61. The van der Waals surface area contributed by atoms with Crippen LogP contribution in [0.5, 0.6) is 0 Å². The van der Waals surface area contributed by atoms with E-state index in [0.29, 0.717) is 34.9 Å². The summed E-state index contributed by atoms with van der Waals surface area (Å²) in [4.78, 5) is 12.8. The summed E-state index contributed by atoms with van der Waals surface area (Å²) in [6, 6.07) is 8.94. The van der Waals surface area contributed by atoms with E-state index in [0.717, 1.165) is 5.69 Å². The van der Waals surface area contributed by atoms with Crippen molar-refractivity contribution < 1.29 is 9.52 Å². The van der Waals surface area contributed by atoms with Crippen LogP contribution in [0.4, 0.5) is 5.95 Å². The average Bonchev–Trinajstić information content (AvgIpc) is 3.25. The first-order chi connectivity index (χ1) is 11.7. The van der Waals surface area contributed by atoms with Crippen molar-refractivity contribution in [3.05, 3.63) is 48.0 Å². The van der Waals surface area contributed by atoms with E-state index in [4.69, 9.17) is 10.2 Å². The zero-order valence-corrected chi connectivity index (χ0v) is 13.7. The van der Waals surface area contributed by atoms with E-state index in [9.17, 15) is 5.11 Å². The molecule has 128 valence electrons. The Balaban J connectivity index is 0.00000182. The lowest BCUT2D eigenvalue weighted by molar-refractivity contribution is 0.276. The van der Waals surface area contributed by atoms with Crippen LogP contribution in [0.1, 0.15) is 11.4 Å². The molecule has 0 fully saturated rings. The molecule has 0 unspecified atom stereocenters. The van der Waals surface area contributed by atoms with Crippen LogP contribution in [-0.4, -0.2) is 35.1 Å². The van der Waals surface area contributed by atoms with E-state index in [1.807, 2.05) is 12.1 Å². The Morgan fingerprint density at radius 1 is 1.08 bits per heavy atom. The Kier molecular flexibility index (Phi) is 4.59. The van der Waals surface area contributed by atoms with Gasteiger partial charge in [-0.2, -0.15) is 4.98 Å². The summed E-state index contributed by atoms with van der Waals surface area (Å²) in [6.45, 7) is 0.224. The average molecular weight is 360 g/mol. The van der Waals surface area contributed by atoms with E-state index in [-0.39, 0.29) is 25.0 Å². The molecule has 10 heteroatoms. The highest BCUT2D eigenvalue weighted by atomic mass is 35.5. The van der Waals surface area contributed by atoms with Crippen LogP contribution in [0.3, 0.4) is 0 Å². The fourth-order valence-electron chi connectivity index (χ4n) is 2.42. The summed E-state index contributed by atoms with van der Waals surface area (Å²) >= 11 is 0. The van der Waals surface area contributed by atoms with Crippen LogP contribution < -0.4 is 5.73 Å². The molecular weight excluding hydrogens is 346 g/mol. The van der Waals surface area contributed by atoms with Gasteiger partial charge in [0.1, 0.15) is 5.69 Å². The van der Waals surface area contributed by atoms with Gasteiger partial charge < -0.3 is 15.3 Å². The van der Waals surface area contributed by atoms with Gasteiger partial charge in [0.25, 0.3) is 0 Å². The second kappa shape index (κ2) is 6.83. The topological polar surface area (TPSA) is 129 Å². The van der Waals surface area contributed by atoms with Gasteiger partial charge in [0.05, 0.1) is 30.8 Å². The van der Waals surface area contributed by atoms with Gasteiger partial charge in [-0.1, -0.05) is 11.3 Å². The number of aliphatic hydroxyl groups is 1. The van der Waals surface area contributed by atoms with Crippen LogP contribution in [0.25, 0.3) is 22.6 Å². The fraction of sp³-hybridized carbons (Fsp3) is 0.133. The zero-order valence-electron chi connectivity index (χ0n) is 12.9. The van der Waals surface area contributed by atoms with E-state index in [1.54, 1.807) is 29.1 Å². The third-order valence-corrected chi connectivity index (χ3v) is 3.47. The Bertz CT molecular complexity index is 1000. The molecule has 0 saturated carbocycles. The number of furan rings is 1. The number of aromatic nitrogens is 6. The first-order valence-electron chi connectivity index (χ1n) is 7.21. The number of nitrogen functional groups attached to an aromatic ring is 1. The number of aliphatic hydroxyl groups excluding tert-OH is 1. The van der Waals surface area contributed by atoms with Crippen molar-refractivity contribution >= 4 is 29.5 Å². The van der Waals surface area contributed by atoms with Crippen molar-refractivity contribution in [3.8, 4) is 11.5 Å². The van der Waals surface area contributed by atoms with Crippen molar-refractivity contribution in [3.63, 3.8) is 0 Å². The van der Waals surface area contributed by atoms with Gasteiger partial charge >= 0.3 is 0 Å². The summed E-state index contributed by atoms with van der Waals surface area (Å²) in [7, 11) is 0. The van der Waals surface area contributed by atoms with Crippen molar-refractivity contribution in [1.29, 1.82) is 0 Å². The number of pyridine rings is 1. The monoisotopic (exact) mass is 359 g/mol. The smallest absolute Gasteiger partial charge is 0.222 e. The zero-order chi connectivity index (χ0) is 16.5. The maximum Gasteiger partial charge on any atom is 0.222 e. The Morgan fingerprint density at radius 2 is 1.92 bits per heavy atom. The highest BCUT2D eigenvalue weighted by molar-refractivity contribution is 5.86. The van der Waals surface area contributed by atoms with Gasteiger partial charge in [-0.15, -0.1) is 17.5 Å². The molecule has 0 aromatic carbocycles. The molecule has 0 aliphatic rings. The molecular formula is C15H14ClN7O2. The van der Waals surface area contributed by atoms with Crippen molar-refractivity contribution in [1.82, 2.24) is 29.9 Å². The van der Waals surface area contributed by atoms with Gasteiger partial charge in [0.2, 0.25) is 5.95 Å². The number of anilines is 1. The second-order valence-electron chi connectivity index (χ2n) is 5.11. The van der Waals surface area contributed by atoms with Gasteiger partial charge in [0, 0.05) is 0 Å². The summed E-state index contributed by atoms with van der Waals surface area (Å²) in [5, 5.41) is 17.5. The molecule has 3 N–H and O–H groups in total. The number of halogens is 1. The Labute approximate surface area is 147 Å². The van der Waals surface area contributed by atoms with E-state index >= 15 is 0 Å². The molecule has 0 atom stereocenters. The molecule has 0 amide bonds. The molecule has 4 heterocycles. The maximum atomic E-state index is 9.19. The second-order valence-corrected chi connectivity index (χ2v) is 5.11. The molecule has 0 aliphatic heterocycles. The minimum Gasteiger partial charge on any atom is -0.463 e. The van der Waals surface area contributed by atoms with Gasteiger partial charge in [-0.25, -0.2) is 9.67 Å². The first-order valence-corrected chi connectivity index (χ1v) is 7.21. The van der Waals surface area contributed by atoms with Crippen molar-refractivity contribution in [2.75, 3.05) is 5.73 Å². The van der Waals surface area contributed by atoms with Crippen molar-refractivity contribution in [2.45, 2.75) is 13.2 Å². The van der Waals surface area contributed by atoms with E-state index < -0.39 is 0 Å². The highest BCUT2D eigenvalue weighted by Crippen LogP contribution is 2.25. The normalized spacial score (nSPS) is 10.8. The largest absolute Gasteiger partial charge is 0.463 e. The number of hydrogen-bond donors (Lipinski definition) is 2. The number of nitrogens with zero attached hydrogens (tertiary/aromatic N) is 6. The van der Waals surface area contributed by atoms with Crippen LogP contribution in [0.2, 0.25) is 0 Å². The lowest BCUT2D eigenvalue weighted by atomic mass is 10.3. The third-order valence-electron chi connectivity index (χ3n) is 3.47.